The van der Waals surface area contributed by atoms with Crippen molar-refractivity contribution in [1.82, 2.24) is 15.8 Å². The Labute approximate surface area is 163 Å². The van der Waals surface area contributed by atoms with Gasteiger partial charge >= 0.3 is 6.09 Å². The predicted molar refractivity (Wildman–Crippen MR) is 100 cm³/mol. The number of carbonyl (C=O) groups excluding carboxylic acids is 4. The number of aldehydes is 2. The Bertz CT molecular complexity index is 768. The summed E-state index contributed by atoms with van der Waals surface area (Å²) in [5, 5.41) is 4.43. The summed E-state index contributed by atoms with van der Waals surface area (Å²) in [6.45, 7) is 2.24. The molecule has 0 bridgehead atoms. The number of hydrogen-bond donors (Lipinski definition) is 2. The Morgan fingerprint density at radius 1 is 1.36 bits per heavy atom. The fourth-order valence-electron chi connectivity index (χ4n) is 3.98. The van der Waals surface area contributed by atoms with Gasteiger partial charge in [-0.25, -0.2) is 4.79 Å². The third kappa shape index (κ3) is 3.64. The average Bonchev–Trinajstić information content (AvgIpc) is 3.34. The van der Waals surface area contributed by atoms with Crippen LogP contribution in [0.4, 0.5) is 4.79 Å². The zero-order valence-electron chi connectivity index (χ0n) is 15.8. The molecule has 2 heterocycles. The minimum absolute atomic E-state index is 0.147. The van der Waals surface area contributed by atoms with Gasteiger partial charge in [0.05, 0.1) is 24.1 Å². The summed E-state index contributed by atoms with van der Waals surface area (Å²) >= 11 is 0. The van der Waals surface area contributed by atoms with Crippen LogP contribution in [0.15, 0.2) is 24.3 Å². The highest BCUT2D eigenvalue weighted by Crippen LogP contribution is 2.47. The van der Waals surface area contributed by atoms with E-state index in [-0.39, 0.29) is 23.8 Å². The van der Waals surface area contributed by atoms with E-state index in [0.717, 1.165) is 25.5 Å². The van der Waals surface area contributed by atoms with Gasteiger partial charge in [-0.1, -0.05) is 44.4 Å². The van der Waals surface area contributed by atoms with Crippen molar-refractivity contribution >= 4 is 24.6 Å². The number of unbranched alkanes of at least 4 members (excludes halogenated alkanes) is 2. The van der Waals surface area contributed by atoms with Crippen molar-refractivity contribution in [2.75, 3.05) is 6.61 Å². The van der Waals surface area contributed by atoms with Crippen LogP contribution < -0.4 is 10.7 Å². The van der Waals surface area contributed by atoms with E-state index in [9.17, 15) is 19.2 Å². The quantitative estimate of drug-likeness (QED) is 0.402. The molecule has 0 aliphatic carbocycles. The van der Waals surface area contributed by atoms with Crippen LogP contribution in [0.5, 0.6) is 0 Å². The molecule has 2 aliphatic heterocycles. The maximum atomic E-state index is 12.8. The molecule has 150 valence electrons. The smallest absolute Gasteiger partial charge is 0.408 e. The normalized spacial score (nSPS) is 28.6. The third-order valence-corrected chi connectivity index (χ3v) is 5.48. The van der Waals surface area contributed by atoms with E-state index < -0.39 is 23.6 Å². The third-order valence-electron chi connectivity index (χ3n) is 5.48. The van der Waals surface area contributed by atoms with E-state index in [1.165, 1.54) is 0 Å². The second kappa shape index (κ2) is 8.52. The fourth-order valence-corrected chi connectivity index (χ4v) is 3.98. The molecule has 1 aromatic rings. The van der Waals surface area contributed by atoms with Gasteiger partial charge in [-0.3, -0.25) is 20.3 Å². The fraction of sp³-hybridized carbons (Fsp3) is 0.500. The summed E-state index contributed by atoms with van der Waals surface area (Å²) in [5.41, 5.74) is 2.33. The lowest BCUT2D eigenvalue weighted by Gasteiger charge is -2.21. The number of ether oxygens (including phenoxy) is 1. The lowest BCUT2D eigenvalue weighted by Crippen LogP contribution is -2.49. The van der Waals surface area contributed by atoms with Gasteiger partial charge in [0.25, 0.3) is 5.91 Å². The number of cyclic esters (lactones) is 1. The summed E-state index contributed by atoms with van der Waals surface area (Å²) in [4.78, 5) is 47.8. The van der Waals surface area contributed by atoms with E-state index >= 15 is 0 Å². The molecule has 8 heteroatoms. The van der Waals surface area contributed by atoms with Crippen molar-refractivity contribution in [2.24, 2.45) is 5.92 Å². The monoisotopic (exact) mass is 387 g/mol. The van der Waals surface area contributed by atoms with E-state index in [4.69, 9.17) is 4.74 Å². The Kier molecular flexibility index (Phi) is 6.08. The van der Waals surface area contributed by atoms with Crippen molar-refractivity contribution < 1.29 is 23.9 Å². The number of nitrogens with zero attached hydrogens (tertiary/aromatic N) is 1. The van der Waals surface area contributed by atoms with Crippen molar-refractivity contribution in [1.29, 1.82) is 0 Å². The first-order valence-electron chi connectivity index (χ1n) is 9.63. The average molecular weight is 387 g/mol. The SMILES string of the molecule is CCCCC[C@H]1N(NC(=O)c2ccccc2C=O)[C@]12NC(=O)OCC[C@@H]2C=O. The topological polar surface area (TPSA) is 105 Å². The second-order valence-electron chi connectivity index (χ2n) is 7.15. The number of nitrogens with one attached hydrogen (secondary N) is 2. The number of benzene rings is 1. The van der Waals surface area contributed by atoms with E-state index in [1.807, 2.05) is 0 Å². The molecule has 4 atom stereocenters. The lowest BCUT2D eigenvalue weighted by molar-refractivity contribution is -0.113. The molecule has 8 nitrogen and oxygen atoms in total. The first-order valence-corrected chi connectivity index (χ1v) is 9.63. The molecule has 3 rings (SSSR count). The van der Waals surface area contributed by atoms with Crippen molar-refractivity contribution in [2.45, 2.75) is 50.7 Å². The van der Waals surface area contributed by atoms with Crippen molar-refractivity contribution in [3.63, 3.8) is 0 Å². The van der Waals surface area contributed by atoms with Gasteiger partial charge < -0.3 is 9.53 Å². The predicted octanol–water partition coefficient (Wildman–Crippen LogP) is 2.05. The highest BCUT2D eigenvalue weighted by molar-refractivity contribution is 6.01. The molecule has 0 aromatic heterocycles. The zero-order chi connectivity index (χ0) is 20.1. The number of hydrazine groups is 1. The van der Waals surface area contributed by atoms with E-state index in [1.54, 1.807) is 29.3 Å². The van der Waals surface area contributed by atoms with Gasteiger partial charge in [0, 0.05) is 5.56 Å². The summed E-state index contributed by atoms with van der Waals surface area (Å²) in [7, 11) is 0. The summed E-state index contributed by atoms with van der Waals surface area (Å²) in [6, 6.07) is 6.26. The molecule has 2 saturated heterocycles. The zero-order valence-corrected chi connectivity index (χ0v) is 15.8. The van der Waals surface area contributed by atoms with Gasteiger partial charge in [-0.05, 0) is 18.9 Å². The Balaban J connectivity index is 1.85. The molecule has 2 fully saturated rings. The van der Waals surface area contributed by atoms with E-state index in [2.05, 4.69) is 17.7 Å². The molecule has 2 aliphatic rings. The van der Waals surface area contributed by atoms with Gasteiger partial charge in [-0.15, -0.1) is 0 Å². The number of amides is 2. The summed E-state index contributed by atoms with van der Waals surface area (Å²) in [6.07, 6.45) is 4.88. The highest BCUT2D eigenvalue weighted by Gasteiger charge is 2.69. The van der Waals surface area contributed by atoms with Gasteiger partial charge in [0.2, 0.25) is 0 Å². The molecular weight excluding hydrogens is 362 g/mol. The van der Waals surface area contributed by atoms with Crippen LogP contribution in [0, 0.1) is 5.92 Å². The summed E-state index contributed by atoms with van der Waals surface area (Å²) < 4.78 is 5.06. The number of hydrogen-bond acceptors (Lipinski definition) is 6. The van der Waals surface area contributed by atoms with Crippen LogP contribution >= 0.6 is 0 Å². The molecular formula is C20H25N3O5. The van der Waals surface area contributed by atoms with Crippen LogP contribution in [0.25, 0.3) is 0 Å². The molecule has 1 spiro atoms. The molecule has 0 saturated carbocycles. The van der Waals surface area contributed by atoms with Crippen LogP contribution in [-0.4, -0.2) is 47.9 Å². The van der Waals surface area contributed by atoms with Crippen LogP contribution in [0.2, 0.25) is 0 Å². The second-order valence-corrected chi connectivity index (χ2v) is 7.15. The van der Waals surface area contributed by atoms with Crippen LogP contribution in [0.3, 0.4) is 0 Å². The number of carbonyl (C=O) groups is 4. The first kappa shape index (κ1) is 20.0. The maximum Gasteiger partial charge on any atom is 0.408 e. The molecule has 2 amide bonds. The van der Waals surface area contributed by atoms with Crippen molar-refractivity contribution in [3.05, 3.63) is 35.4 Å². The standard InChI is InChI=1S/C20H25N3O5/c1-2-3-4-9-17-20(15(13-25)10-11-28-19(27)21-20)23(17)22-18(26)16-8-6-5-7-14(16)12-24/h5-8,12-13,15,17H,2-4,9-11H2,1H3,(H,21,27)(H,22,26)/t15-,17-,20+,23?/m1/s1. The molecule has 28 heavy (non-hydrogen) atoms. The van der Waals surface area contributed by atoms with Crippen molar-refractivity contribution in [3.8, 4) is 0 Å². The number of rotatable bonds is 8. The highest BCUT2D eigenvalue weighted by atomic mass is 16.5. The van der Waals surface area contributed by atoms with Gasteiger partial charge in [-0.2, -0.15) is 5.01 Å². The molecule has 1 aromatic carbocycles. The Hall–Kier alpha value is -2.74. The lowest BCUT2D eigenvalue weighted by atomic mass is 9.93. The van der Waals surface area contributed by atoms with Gasteiger partial charge in [0.1, 0.15) is 11.9 Å². The minimum atomic E-state index is -0.991. The number of alkyl carbamates (subject to hydrolysis) is 1. The van der Waals surface area contributed by atoms with E-state index in [0.29, 0.717) is 19.1 Å². The Morgan fingerprint density at radius 2 is 2.14 bits per heavy atom. The molecule has 2 N–H and O–H groups in total. The first-order chi connectivity index (χ1) is 13.6. The van der Waals surface area contributed by atoms with Crippen LogP contribution in [-0.2, 0) is 9.53 Å². The summed E-state index contributed by atoms with van der Waals surface area (Å²) in [5.74, 6) is -0.962. The minimum Gasteiger partial charge on any atom is -0.449 e. The van der Waals surface area contributed by atoms with Crippen LogP contribution in [0.1, 0.15) is 59.7 Å². The largest absolute Gasteiger partial charge is 0.449 e. The molecule has 1 unspecified atom stereocenters. The van der Waals surface area contributed by atoms with Gasteiger partial charge in [0.15, 0.2) is 6.29 Å². The maximum absolute atomic E-state index is 12.8. The molecule has 0 radical (unpaired) electrons. The Morgan fingerprint density at radius 3 is 2.86 bits per heavy atom.